The summed E-state index contributed by atoms with van der Waals surface area (Å²) in [5.74, 6) is 1.18. The summed E-state index contributed by atoms with van der Waals surface area (Å²) < 4.78 is 13.3. The van der Waals surface area contributed by atoms with Gasteiger partial charge in [0.2, 0.25) is 0 Å². The van der Waals surface area contributed by atoms with Gasteiger partial charge < -0.3 is 4.90 Å². The maximum atomic E-state index is 13.3. The molecular weight excluding hydrogens is 253 g/mol. The van der Waals surface area contributed by atoms with Crippen LogP contribution in [0.4, 0.5) is 4.39 Å². The smallest absolute Gasteiger partial charge is 0.253 e. The summed E-state index contributed by atoms with van der Waals surface area (Å²) in [6, 6.07) is 4.63. The van der Waals surface area contributed by atoms with E-state index in [0.717, 1.165) is 25.9 Å². The molecule has 2 nitrogen and oxygen atoms in total. The summed E-state index contributed by atoms with van der Waals surface area (Å²) in [7, 11) is 0. The number of hydrogen-bond acceptors (Lipinski definition) is 1. The molecule has 1 amide bonds. The Hall–Kier alpha value is -1.38. The molecule has 1 heterocycles. The molecule has 1 aliphatic rings. The van der Waals surface area contributed by atoms with Gasteiger partial charge in [-0.05, 0) is 61.8 Å². The van der Waals surface area contributed by atoms with Crippen molar-refractivity contribution in [1.82, 2.24) is 4.90 Å². The van der Waals surface area contributed by atoms with E-state index < -0.39 is 0 Å². The van der Waals surface area contributed by atoms with E-state index in [1.54, 1.807) is 19.1 Å². The predicted octanol–water partition coefficient (Wildman–Crippen LogP) is 4.03. The van der Waals surface area contributed by atoms with Crippen LogP contribution in [-0.2, 0) is 0 Å². The first-order valence-corrected chi connectivity index (χ1v) is 7.54. The molecule has 1 unspecified atom stereocenters. The largest absolute Gasteiger partial charge is 0.339 e. The third kappa shape index (κ3) is 3.38. The number of carbonyl (C=O) groups is 1. The molecule has 0 spiro atoms. The van der Waals surface area contributed by atoms with Gasteiger partial charge >= 0.3 is 0 Å². The second-order valence-corrected chi connectivity index (χ2v) is 6.19. The molecular formula is C17H24FNO. The molecule has 0 bridgehead atoms. The first-order chi connectivity index (χ1) is 9.49. The molecule has 2 rings (SSSR count). The second-order valence-electron chi connectivity index (χ2n) is 6.19. The standard InChI is InChI=1S/C17H24FNO/c1-12(2)14-5-4-9-19(10-8-14)17(20)15-6-7-16(18)13(3)11-15/h6-7,11-12,14H,4-5,8-10H2,1-3H3. The Kier molecular flexibility index (Phi) is 4.79. The quantitative estimate of drug-likeness (QED) is 0.799. The lowest BCUT2D eigenvalue weighted by molar-refractivity contribution is 0.0758. The monoisotopic (exact) mass is 277 g/mol. The van der Waals surface area contributed by atoms with Gasteiger partial charge in [0.25, 0.3) is 5.91 Å². The molecule has 1 aromatic rings. The molecule has 1 aromatic carbocycles. The molecule has 0 radical (unpaired) electrons. The van der Waals surface area contributed by atoms with E-state index in [-0.39, 0.29) is 11.7 Å². The molecule has 0 N–H and O–H groups in total. The molecule has 0 aliphatic carbocycles. The number of hydrogen-bond donors (Lipinski definition) is 0. The molecule has 0 aromatic heterocycles. The van der Waals surface area contributed by atoms with Crippen LogP contribution >= 0.6 is 0 Å². The van der Waals surface area contributed by atoms with E-state index in [1.807, 2.05) is 4.90 Å². The normalized spacial score (nSPS) is 20.1. The Morgan fingerprint density at radius 1 is 1.30 bits per heavy atom. The predicted molar refractivity (Wildman–Crippen MR) is 79.2 cm³/mol. The van der Waals surface area contributed by atoms with Crippen molar-refractivity contribution < 1.29 is 9.18 Å². The van der Waals surface area contributed by atoms with Gasteiger partial charge in [0.05, 0.1) is 0 Å². The van der Waals surface area contributed by atoms with Gasteiger partial charge in [0, 0.05) is 18.7 Å². The summed E-state index contributed by atoms with van der Waals surface area (Å²) in [5, 5.41) is 0. The summed E-state index contributed by atoms with van der Waals surface area (Å²) in [5.41, 5.74) is 1.14. The van der Waals surface area contributed by atoms with Crippen molar-refractivity contribution >= 4 is 5.91 Å². The molecule has 1 fully saturated rings. The molecule has 1 saturated heterocycles. The number of aryl methyl sites for hydroxylation is 1. The Balaban J connectivity index is 2.07. The summed E-state index contributed by atoms with van der Waals surface area (Å²) in [6.07, 6.45) is 3.34. The van der Waals surface area contributed by atoms with Crippen LogP contribution < -0.4 is 0 Å². The Labute approximate surface area is 121 Å². The molecule has 3 heteroatoms. The van der Waals surface area contributed by atoms with Gasteiger partial charge in [-0.2, -0.15) is 0 Å². The highest BCUT2D eigenvalue weighted by molar-refractivity contribution is 5.94. The lowest BCUT2D eigenvalue weighted by Crippen LogP contribution is -2.32. The highest BCUT2D eigenvalue weighted by atomic mass is 19.1. The van der Waals surface area contributed by atoms with Crippen molar-refractivity contribution in [2.45, 2.75) is 40.0 Å². The van der Waals surface area contributed by atoms with Crippen LogP contribution in [0.2, 0.25) is 0 Å². The number of rotatable bonds is 2. The van der Waals surface area contributed by atoms with Crippen LogP contribution in [0.1, 0.15) is 49.0 Å². The van der Waals surface area contributed by atoms with Gasteiger partial charge in [0.1, 0.15) is 5.82 Å². The highest BCUT2D eigenvalue weighted by Crippen LogP contribution is 2.25. The SMILES string of the molecule is Cc1cc(C(=O)N2CCCC(C(C)C)CC2)ccc1F. The molecule has 1 atom stereocenters. The van der Waals surface area contributed by atoms with E-state index in [2.05, 4.69) is 13.8 Å². The molecule has 0 saturated carbocycles. The van der Waals surface area contributed by atoms with Crippen molar-refractivity contribution in [3.8, 4) is 0 Å². The average Bonchev–Trinajstić information content (AvgIpc) is 2.67. The average molecular weight is 277 g/mol. The van der Waals surface area contributed by atoms with E-state index >= 15 is 0 Å². The Morgan fingerprint density at radius 2 is 2.05 bits per heavy atom. The maximum Gasteiger partial charge on any atom is 0.253 e. The van der Waals surface area contributed by atoms with Gasteiger partial charge in [-0.15, -0.1) is 0 Å². The minimum absolute atomic E-state index is 0.0394. The Morgan fingerprint density at radius 3 is 2.70 bits per heavy atom. The van der Waals surface area contributed by atoms with Gasteiger partial charge in [-0.25, -0.2) is 4.39 Å². The summed E-state index contributed by atoms with van der Waals surface area (Å²) in [6.45, 7) is 7.84. The fourth-order valence-corrected chi connectivity index (χ4v) is 2.95. The summed E-state index contributed by atoms with van der Waals surface area (Å²) in [4.78, 5) is 14.4. The van der Waals surface area contributed by atoms with Crippen LogP contribution in [0.15, 0.2) is 18.2 Å². The topological polar surface area (TPSA) is 20.3 Å². The minimum Gasteiger partial charge on any atom is -0.339 e. The molecule has 1 aliphatic heterocycles. The molecule has 110 valence electrons. The van der Waals surface area contributed by atoms with Crippen molar-refractivity contribution in [2.24, 2.45) is 11.8 Å². The first kappa shape index (κ1) is 15.0. The number of carbonyl (C=O) groups excluding carboxylic acids is 1. The van der Waals surface area contributed by atoms with Crippen molar-refractivity contribution in [2.75, 3.05) is 13.1 Å². The number of nitrogens with zero attached hydrogens (tertiary/aromatic N) is 1. The Bertz CT molecular complexity index is 484. The summed E-state index contributed by atoms with van der Waals surface area (Å²) >= 11 is 0. The van der Waals surface area contributed by atoms with Gasteiger partial charge in [-0.1, -0.05) is 13.8 Å². The fraction of sp³-hybridized carbons (Fsp3) is 0.588. The number of benzene rings is 1. The lowest BCUT2D eigenvalue weighted by atomic mass is 9.89. The van der Waals surface area contributed by atoms with E-state index in [1.165, 1.54) is 12.5 Å². The third-order valence-electron chi connectivity index (χ3n) is 4.41. The van der Waals surface area contributed by atoms with Crippen LogP contribution in [0.25, 0.3) is 0 Å². The molecule has 20 heavy (non-hydrogen) atoms. The second kappa shape index (κ2) is 6.38. The third-order valence-corrected chi connectivity index (χ3v) is 4.41. The highest BCUT2D eigenvalue weighted by Gasteiger charge is 2.23. The van der Waals surface area contributed by atoms with Crippen molar-refractivity contribution in [3.05, 3.63) is 35.1 Å². The number of halogens is 1. The van der Waals surface area contributed by atoms with Crippen LogP contribution in [0.5, 0.6) is 0 Å². The zero-order valence-electron chi connectivity index (χ0n) is 12.7. The number of likely N-dealkylation sites (tertiary alicyclic amines) is 1. The van der Waals surface area contributed by atoms with Crippen molar-refractivity contribution in [1.29, 1.82) is 0 Å². The van der Waals surface area contributed by atoms with E-state index in [9.17, 15) is 9.18 Å². The van der Waals surface area contributed by atoms with E-state index in [0.29, 0.717) is 23.0 Å². The van der Waals surface area contributed by atoms with Crippen LogP contribution in [0.3, 0.4) is 0 Å². The maximum absolute atomic E-state index is 13.3. The van der Waals surface area contributed by atoms with Crippen LogP contribution in [-0.4, -0.2) is 23.9 Å². The van der Waals surface area contributed by atoms with E-state index in [4.69, 9.17) is 0 Å². The zero-order chi connectivity index (χ0) is 14.7. The van der Waals surface area contributed by atoms with Gasteiger partial charge in [-0.3, -0.25) is 4.79 Å². The minimum atomic E-state index is -0.253. The fourth-order valence-electron chi connectivity index (χ4n) is 2.95. The zero-order valence-corrected chi connectivity index (χ0v) is 12.7. The number of amides is 1. The van der Waals surface area contributed by atoms with Crippen molar-refractivity contribution in [3.63, 3.8) is 0 Å². The van der Waals surface area contributed by atoms with Gasteiger partial charge in [0.15, 0.2) is 0 Å². The first-order valence-electron chi connectivity index (χ1n) is 7.54. The van der Waals surface area contributed by atoms with Crippen LogP contribution in [0, 0.1) is 24.6 Å². The lowest BCUT2D eigenvalue weighted by Gasteiger charge is -2.22.